The number of hydrogen-bond acceptors (Lipinski definition) is 5. The van der Waals surface area contributed by atoms with Crippen molar-refractivity contribution in [3.63, 3.8) is 0 Å². The van der Waals surface area contributed by atoms with E-state index in [2.05, 4.69) is 15.3 Å². The number of aromatic nitrogens is 2. The van der Waals surface area contributed by atoms with E-state index in [0.717, 1.165) is 31.4 Å². The smallest absolute Gasteiger partial charge is 0.381 e. The van der Waals surface area contributed by atoms with Crippen molar-refractivity contribution in [1.29, 1.82) is 0 Å². The third kappa shape index (κ3) is 4.29. The van der Waals surface area contributed by atoms with Gasteiger partial charge >= 0.3 is 6.18 Å². The molecule has 4 rings (SSSR count). The van der Waals surface area contributed by atoms with Gasteiger partial charge < -0.3 is 15.0 Å². The zero-order valence-electron chi connectivity index (χ0n) is 15.8. The van der Waals surface area contributed by atoms with Crippen LogP contribution in [0.3, 0.4) is 0 Å². The Morgan fingerprint density at radius 1 is 1.14 bits per heavy atom. The van der Waals surface area contributed by atoms with E-state index >= 15 is 4.39 Å². The van der Waals surface area contributed by atoms with Gasteiger partial charge in [-0.15, -0.1) is 0 Å². The number of alkyl halides is 3. The second kappa shape index (κ2) is 8.14. The van der Waals surface area contributed by atoms with Crippen LogP contribution in [-0.2, 0) is 10.9 Å². The lowest BCUT2D eigenvalue weighted by molar-refractivity contribution is -0.137. The number of benzene rings is 1. The molecule has 2 aliphatic heterocycles. The summed E-state index contributed by atoms with van der Waals surface area (Å²) >= 11 is 0. The van der Waals surface area contributed by atoms with Crippen molar-refractivity contribution in [2.24, 2.45) is 5.92 Å². The summed E-state index contributed by atoms with van der Waals surface area (Å²) in [5, 5.41) is 3.04. The van der Waals surface area contributed by atoms with E-state index in [0.29, 0.717) is 37.8 Å². The molecule has 2 aliphatic rings. The molecule has 3 heterocycles. The molecule has 0 aliphatic carbocycles. The zero-order chi connectivity index (χ0) is 20.4. The highest BCUT2D eigenvalue weighted by atomic mass is 19.4. The predicted molar refractivity (Wildman–Crippen MR) is 100 cm³/mol. The normalized spacial score (nSPS) is 22.3. The van der Waals surface area contributed by atoms with Crippen molar-refractivity contribution in [1.82, 2.24) is 9.97 Å². The van der Waals surface area contributed by atoms with Crippen LogP contribution in [-0.4, -0.2) is 36.3 Å². The third-order valence-corrected chi connectivity index (χ3v) is 5.50. The minimum Gasteiger partial charge on any atom is -0.381 e. The quantitative estimate of drug-likeness (QED) is 0.740. The Morgan fingerprint density at radius 3 is 2.62 bits per heavy atom. The first-order valence-corrected chi connectivity index (χ1v) is 9.69. The molecule has 0 spiro atoms. The van der Waals surface area contributed by atoms with Gasteiger partial charge in [-0.3, -0.25) is 0 Å². The molecular formula is C20H22F4N4O. The van der Waals surface area contributed by atoms with E-state index in [4.69, 9.17) is 4.74 Å². The van der Waals surface area contributed by atoms with Gasteiger partial charge in [0.1, 0.15) is 6.33 Å². The van der Waals surface area contributed by atoms with Crippen LogP contribution >= 0.6 is 0 Å². The molecule has 9 heteroatoms. The number of rotatable bonds is 5. The van der Waals surface area contributed by atoms with Gasteiger partial charge in [0.25, 0.3) is 0 Å². The maximum absolute atomic E-state index is 15.1. The Hall–Kier alpha value is -2.42. The summed E-state index contributed by atoms with van der Waals surface area (Å²) in [6.45, 7) is 2.51. The minimum atomic E-state index is -4.38. The van der Waals surface area contributed by atoms with E-state index < -0.39 is 17.6 Å². The lowest BCUT2D eigenvalue weighted by Crippen LogP contribution is -2.26. The Morgan fingerprint density at radius 2 is 1.93 bits per heavy atom. The Labute approximate surface area is 166 Å². The summed E-state index contributed by atoms with van der Waals surface area (Å²) in [4.78, 5) is 9.96. The largest absolute Gasteiger partial charge is 0.416 e. The summed E-state index contributed by atoms with van der Waals surface area (Å²) < 4.78 is 58.9. The molecule has 2 saturated heterocycles. The molecule has 1 aromatic heterocycles. The topological polar surface area (TPSA) is 50.3 Å². The van der Waals surface area contributed by atoms with E-state index in [1.807, 2.05) is 4.90 Å². The summed E-state index contributed by atoms with van der Waals surface area (Å²) in [7, 11) is 0. The molecule has 2 atom stereocenters. The van der Waals surface area contributed by atoms with Gasteiger partial charge in [0.05, 0.1) is 18.2 Å². The van der Waals surface area contributed by atoms with Gasteiger partial charge in [0.2, 0.25) is 5.82 Å². The van der Waals surface area contributed by atoms with Crippen molar-refractivity contribution in [2.75, 3.05) is 36.5 Å². The van der Waals surface area contributed by atoms with E-state index in [-0.39, 0.29) is 17.7 Å². The average Bonchev–Trinajstić information content (AvgIpc) is 3.39. The first kappa shape index (κ1) is 19.9. The molecule has 2 aromatic rings. The standard InChI is InChI=1S/C20H22F4N4O/c21-17-18(25-10-13-7-9-29-11-13)26-12-27-19(17)28-8-1-2-16(28)14-3-5-15(6-4-14)20(22,23)24/h3-6,12-13,16H,1-2,7-11H2,(H,25,26,27). The van der Waals surface area contributed by atoms with E-state index in [1.165, 1.54) is 18.5 Å². The molecule has 29 heavy (non-hydrogen) atoms. The van der Waals surface area contributed by atoms with Crippen LogP contribution in [0.15, 0.2) is 30.6 Å². The first-order chi connectivity index (χ1) is 13.9. The molecule has 156 valence electrons. The minimum absolute atomic E-state index is 0.139. The maximum Gasteiger partial charge on any atom is 0.416 e. The molecule has 2 unspecified atom stereocenters. The van der Waals surface area contributed by atoms with E-state index in [9.17, 15) is 13.2 Å². The molecule has 0 bridgehead atoms. The van der Waals surface area contributed by atoms with Crippen LogP contribution in [0.2, 0.25) is 0 Å². The first-order valence-electron chi connectivity index (χ1n) is 9.69. The number of halogens is 4. The van der Waals surface area contributed by atoms with Gasteiger partial charge in [0.15, 0.2) is 11.6 Å². The Balaban J connectivity index is 1.53. The van der Waals surface area contributed by atoms with Crippen molar-refractivity contribution < 1.29 is 22.3 Å². The van der Waals surface area contributed by atoms with Crippen LogP contribution in [0.4, 0.5) is 29.2 Å². The number of nitrogens with one attached hydrogen (secondary N) is 1. The molecule has 0 saturated carbocycles. The van der Waals surface area contributed by atoms with Gasteiger partial charge in [-0.25, -0.2) is 9.97 Å². The number of nitrogens with zero attached hydrogens (tertiary/aromatic N) is 3. The van der Waals surface area contributed by atoms with Crippen molar-refractivity contribution in [3.05, 3.63) is 47.5 Å². The van der Waals surface area contributed by atoms with Crippen LogP contribution in [0, 0.1) is 11.7 Å². The number of anilines is 2. The molecule has 1 N–H and O–H groups in total. The lowest BCUT2D eigenvalue weighted by Gasteiger charge is -2.27. The van der Waals surface area contributed by atoms with Crippen LogP contribution in [0.25, 0.3) is 0 Å². The fourth-order valence-electron chi connectivity index (χ4n) is 3.93. The summed E-state index contributed by atoms with van der Waals surface area (Å²) in [5.41, 5.74) is 0.0208. The predicted octanol–water partition coefficient (Wildman–Crippen LogP) is 4.42. The second-order valence-electron chi connectivity index (χ2n) is 7.44. The monoisotopic (exact) mass is 410 g/mol. The summed E-state index contributed by atoms with van der Waals surface area (Å²) in [5.74, 6) is 0.0947. The molecular weight excluding hydrogens is 388 g/mol. The van der Waals surface area contributed by atoms with Crippen molar-refractivity contribution in [3.8, 4) is 0 Å². The highest BCUT2D eigenvalue weighted by molar-refractivity contribution is 5.53. The van der Waals surface area contributed by atoms with Crippen LogP contribution in [0.1, 0.15) is 36.4 Å². The highest BCUT2D eigenvalue weighted by Crippen LogP contribution is 2.38. The highest BCUT2D eigenvalue weighted by Gasteiger charge is 2.33. The van der Waals surface area contributed by atoms with E-state index in [1.54, 1.807) is 0 Å². The Bertz CT molecular complexity index is 837. The third-order valence-electron chi connectivity index (χ3n) is 5.50. The fourth-order valence-corrected chi connectivity index (χ4v) is 3.93. The number of hydrogen-bond donors (Lipinski definition) is 1. The second-order valence-corrected chi connectivity index (χ2v) is 7.44. The molecule has 1 aromatic carbocycles. The summed E-state index contributed by atoms with van der Waals surface area (Å²) in [6, 6.07) is 4.84. The maximum atomic E-state index is 15.1. The van der Waals surface area contributed by atoms with Gasteiger partial charge in [-0.2, -0.15) is 17.6 Å². The van der Waals surface area contributed by atoms with Crippen LogP contribution < -0.4 is 10.2 Å². The zero-order valence-corrected chi connectivity index (χ0v) is 15.8. The molecule has 5 nitrogen and oxygen atoms in total. The van der Waals surface area contributed by atoms with Crippen molar-refractivity contribution >= 4 is 11.6 Å². The number of ether oxygens (including phenoxy) is 1. The molecule has 0 amide bonds. The fraction of sp³-hybridized carbons (Fsp3) is 0.500. The van der Waals surface area contributed by atoms with Gasteiger partial charge in [0, 0.05) is 25.6 Å². The molecule has 2 fully saturated rings. The SMILES string of the molecule is Fc1c(NCC2CCOC2)ncnc1N1CCCC1c1ccc(C(F)(F)F)cc1. The van der Waals surface area contributed by atoms with Crippen molar-refractivity contribution in [2.45, 2.75) is 31.5 Å². The van der Waals surface area contributed by atoms with Gasteiger partial charge in [-0.1, -0.05) is 12.1 Å². The van der Waals surface area contributed by atoms with Crippen LogP contribution in [0.5, 0.6) is 0 Å². The molecule has 0 radical (unpaired) electrons. The average molecular weight is 410 g/mol. The Kier molecular flexibility index (Phi) is 5.58. The lowest BCUT2D eigenvalue weighted by atomic mass is 10.0. The summed E-state index contributed by atoms with van der Waals surface area (Å²) in [6.07, 6.45) is -0.616. The van der Waals surface area contributed by atoms with Gasteiger partial charge in [-0.05, 0) is 37.0 Å².